The summed E-state index contributed by atoms with van der Waals surface area (Å²) >= 11 is 0. The van der Waals surface area contributed by atoms with Crippen LogP contribution in [0, 0.1) is 33.8 Å². The quantitative estimate of drug-likeness (QED) is 0.279. The molecule has 0 saturated heterocycles. The van der Waals surface area contributed by atoms with Gasteiger partial charge in [-0.1, -0.05) is 32.4 Å². The van der Waals surface area contributed by atoms with Gasteiger partial charge in [0.2, 0.25) is 0 Å². The Morgan fingerprint density at radius 2 is 2.11 bits per heavy atom. The fraction of sp³-hybridized carbons (Fsp3) is 0.867. The monoisotopic (exact) mass is 269 g/mol. The van der Waals surface area contributed by atoms with Crippen LogP contribution >= 0.6 is 0 Å². The lowest BCUT2D eigenvalue weighted by molar-refractivity contribution is -0.633. The molecule has 0 aromatic rings. The van der Waals surface area contributed by atoms with Crippen molar-refractivity contribution in [2.45, 2.75) is 59.1 Å². The highest BCUT2D eigenvalue weighted by molar-refractivity contribution is 4.95. The Bertz CT molecular complexity index is 338. The first-order chi connectivity index (χ1) is 8.84. The van der Waals surface area contributed by atoms with Crippen molar-refractivity contribution in [1.82, 2.24) is 0 Å². The van der Waals surface area contributed by atoms with Crippen LogP contribution in [0.3, 0.4) is 0 Å². The van der Waals surface area contributed by atoms with Crippen LogP contribution in [0.25, 0.3) is 0 Å². The van der Waals surface area contributed by atoms with Crippen molar-refractivity contribution >= 4 is 0 Å². The van der Waals surface area contributed by atoms with Crippen LogP contribution in [-0.2, 0) is 0 Å². The zero-order valence-electron chi connectivity index (χ0n) is 12.5. The average molecular weight is 269 g/mol. The highest BCUT2D eigenvalue weighted by atomic mass is 16.7. The molecule has 5 unspecified atom stereocenters. The second-order valence-electron chi connectivity index (χ2n) is 6.09. The molecule has 0 aromatic carbocycles. The van der Waals surface area contributed by atoms with Crippen LogP contribution in [0.5, 0.6) is 0 Å². The summed E-state index contributed by atoms with van der Waals surface area (Å²) in [5, 5.41) is 21.4. The first kappa shape index (κ1) is 16.2. The van der Waals surface area contributed by atoms with Crippen molar-refractivity contribution in [3.63, 3.8) is 0 Å². The lowest BCUT2D eigenvalue weighted by atomic mass is 9.76. The Labute approximate surface area is 116 Å². The van der Waals surface area contributed by atoms with Crippen molar-refractivity contribution in [1.29, 1.82) is 0 Å². The molecule has 0 aliphatic heterocycles. The van der Waals surface area contributed by atoms with Crippen LogP contribution in [0.1, 0.15) is 53.4 Å². The summed E-state index contributed by atoms with van der Waals surface area (Å²) in [4.78, 5) is 10.6. The summed E-state index contributed by atoms with van der Waals surface area (Å²) in [6, 6.07) is 0. The number of allylic oxidation sites excluding steroid dienone is 2. The highest BCUT2D eigenvalue weighted by Gasteiger charge is 2.49. The fourth-order valence-electron chi connectivity index (χ4n) is 3.47. The molecule has 0 heterocycles. The van der Waals surface area contributed by atoms with E-state index in [1.807, 2.05) is 19.9 Å². The molecule has 19 heavy (non-hydrogen) atoms. The lowest BCUT2D eigenvalue weighted by Gasteiger charge is -2.31. The van der Waals surface area contributed by atoms with E-state index in [-0.39, 0.29) is 11.8 Å². The SMILES string of the molecule is CC=CC1CC(CC)CCC(C(C)(O)[N+](=O)[O-])C1C. The third-order valence-corrected chi connectivity index (χ3v) is 4.89. The normalized spacial score (nSPS) is 35.8. The molecule has 1 N–H and O–H groups in total. The van der Waals surface area contributed by atoms with Gasteiger partial charge in [-0.15, -0.1) is 0 Å². The molecule has 0 bridgehead atoms. The molecule has 5 atom stereocenters. The molecule has 0 radical (unpaired) electrons. The van der Waals surface area contributed by atoms with Crippen molar-refractivity contribution < 1.29 is 10.0 Å². The van der Waals surface area contributed by atoms with Gasteiger partial charge in [-0.25, -0.2) is 0 Å². The van der Waals surface area contributed by atoms with E-state index < -0.39 is 10.6 Å². The second kappa shape index (κ2) is 6.51. The van der Waals surface area contributed by atoms with E-state index in [2.05, 4.69) is 13.0 Å². The van der Waals surface area contributed by atoms with Gasteiger partial charge in [0, 0.05) is 6.92 Å². The van der Waals surface area contributed by atoms with E-state index in [0.29, 0.717) is 11.8 Å². The van der Waals surface area contributed by atoms with Gasteiger partial charge in [-0.3, -0.25) is 10.1 Å². The topological polar surface area (TPSA) is 63.4 Å². The second-order valence-corrected chi connectivity index (χ2v) is 6.09. The molecule has 4 heteroatoms. The summed E-state index contributed by atoms with van der Waals surface area (Å²) in [6.07, 6.45) is 8.07. The van der Waals surface area contributed by atoms with Crippen LogP contribution < -0.4 is 0 Å². The van der Waals surface area contributed by atoms with Crippen LogP contribution in [-0.4, -0.2) is 15.8 Å². The summed E-state index contributed by atoms with van der Waals surface area (Å²) in [7, 11) is 0. The molecular weight excluding hydrogens is 242 g/mol. The van der Waals surface area contributed by atoms with Crippen molar-refractivity contribution in [3.05, 3.63) is 22.3 Å². The number of rotatable bonds is 4. The smallest absolute Gasteiger partial charge is 0.322 e. The minimum atomic E-state index is -1.82. The van der Waals surface area contributed by atoms with E-state index in [4.69, 9.17) is 0 Å². The molecule has 1 rings (SSSR count). The molecule has 1 fully saturated rings. The fourth-order valence-corrected chi connectivity index (χ4v) is 3.47. The molecule has 0 aromatic heterocycles. The van der Waals surface area contributed by atoms with E-state index in [9.17, 15) is 15.2 Å². The number of hydrogen-bond donors (Lipinski definition) is 1. The molecular formula is C15H27NO3. The molecule has 1 aliphatic rings. The predicted molar refractivity (Wildman–Crippen MR) is 76.2 cm³/mol. The van der Waals surface area contributed by atoms with Crippen LogP contribution in [0.2, 0.25) is 0 Å². The zero-order valence-corrected chi connectivity index (χ0v) is 12.5. The summed E-state index contributed by atoms with van der Waals surface area (Å²) in [6.45, 7) is 7.56. The summed E-state index contributed by atoms with van der Waals surface area (Å²) in [5.41, 5.74) is -1.82. The van der Waals surface area contributed by atoms with Gasteiger partial charge < -0.3 is 5.11 Å². The van der Waals surface area contributed by atoms with E-state index in [1.54, 1.807) is 0 Å². The zero-order chi connectivity index (χ0) is 14.6. The third kappa shape index (κ3) is 3.56. The van der Waals surface area contributed by atoms with E-state index in [1.165, 1.54) is 6.92 Å². The Balaban J connectivity index is 3.01. The standard InChI is InChI=1S/C15H27NO3/c1-5-7-13-10-12(6-2)8-9-14(11(13)3)15(4,17)16(18)19/h5,7,11-14,17H,6,8-10H2,1-4H3. The average Bonchev–Trinajstić information content (AvgIpc) is 2.50. The first-order valence-electron chi connectivity index (χ1n) is 7.34. The molecule has 0 amide bonds. The van der Waals surface area contributed by atoms with Crippen molar-refractivity contribution in [3.8, 4) is 0 Å². The van der Waals surface area contributed by atoms with Crippen molar-refractivity contribution in [2.24, 2.45) is 23.7 Å². The lowest BCUT2D eigenvalue weighted by Crippen LogP contribution is -2.46. The molecule has 1 saturated carbocycles. The van der Waals surface area contributed by atoms with Gasteiger partial charge in [0.15, 0.2) is 0 Å². The Morgan fingerprint density at radius 3 is 2.58 bits per heavy atom. The first-order valence-corrected chi connectivity index (χ1v) is 7.34. The minimum absolute atomic E-state index is 0.133. The summed E-state index contributed by atoms with van der Waals surface area (Å²) in [5.74, 6) is 0.790. The molecule has 110 valence electrons. The molecule has 4 nitrogen and oxygen atoms in total. The maximum atomic E-state index is 11.1. The van der Waals surface area contributed by atoms with Gasteiger partial charge in [-0.2, -0.15) is 0 Å². The molecule has 0 spiro atoms. The third-order valence-electron chi connectivity index (χ3n) is 4.89. The van der Waals surface area contributed by atoms with Crippen LogP contribution in [0.4, 0.5) is 0 Å². The van der Waals surface area contributed by atoms with Gasteiger partial charge in [0.25, 0.3) is 0 Å². The number of nitrogens with zero attached hydrogens (tertiary/aromatic N) is 1. The highest BCUT2D eigenvalue weighted by Crippen LogP contribution is 2.42. The van der Waals surface area contributed by atoms with Crippen LogP contribution in [0.15, 0.2) is 12.2 Å². The molecule has 1 aliphatic carbocycles. The number of nitro groups is 1. The van der Waals surface area contributed by atoms with Gasteiger partial charge in [0.1, 0.15) is 0 Å². The Hall–Kier alpha value is -0.900. The van der Waals surface area contributed by atoms with E-state index >= 15 is 0 Å². The minimum Gasteiger partial charge on any atom is -0.331 e. The number of aliphatic hydroxyl groups is 1. The summed E-state index contributed by atoms with van der Waals surface area (Å²) < 4.78 is 0. The maximum Gasteiger partial charge on any atom is 0.322 e. The largest absolute Gasteiger partial charge is 0.331 e. The Morgan fingerprint density at radius 1 is 1.47 bits per heavy atom. The predicted octanol–water partition coefficient (Wildman–Crippen LogP) is 3.63. The maximum absolute atomic E-state index is 11.1. The van der Waals surface area contributed by atoms with Gasteiger partial charge in [0.05, 0.1) is 10.8 Å². The van der Waals surface area contributed by atoms with Crippen molar-refractivity contribution in [2.75, 3.05) is 0 Å². The van der Waals surface area contributed by atoms with Gasteiger partial charge >= 0.3 is 5.72 Å². The van der Waals surface area contributed by atoms with E-state index in [0.717, 1.165) is 25.7 Å². The Kier molecular flexibility index (Phi) is 5.53. The van der Waals surface area contributed by atoms with Gasteiger partial charge in [-0.05, 0) is 43.9 Å². The number of hydrogen-bond acceptors (Lipinski definition) is 3.